The van der Waals surface area contributed by atoms with Gasteiger partial charge in [-0.3, -0.25) is 0 Å². The summed E-state index contributed by atoms with van der Waals surface area (Å²) in [6.07, 6.45) is 0.399. The number of nitrogens with one attached hydrogen (secondary N) is 1. The van der Waals surface area contributed by atoms with E-state index in [4.69, 9.17) is 5.11 Å². The van der Waals surface area contributed by atoms with Crippen LogP contribution in [0.3, 0.4) is 0 Å². The van der Waals surface area contributed by atoms with Crippen molar-refractivity contribution in [3.8, 4) is 0 Å². The van der Waals surface area contributed by atoms with Crippen LogP contribution < -0.4 is 5.32 Å². The second kappa shape index (κ2) is 2.86. The number of aliphatic hydroxyl groups is 2. The van der Waals surface area contributed by atoms with Gasteiger partial charge in [0, 0.05) is 12.0 Å². The van der Waals surface area contributed by atoms with Crippen molar-refractivity contribution in [2.75, 3.05) is 19.7 Å². The lowest BCUT2D eigenvalue weighted by Gasteiger charge is -2.37. The first-order valence-electron chi connectivity index (χ1n) is 3.69. The Morgan fingerprint density at radius 3 is 2.80 bits per heavy atom. The third-order valence-corrected chi connectivity index (χ3v) is 2.29. The van der Waals surface area contributed by atoms with E-state index in [2.05, 4.69) is 5.32 Å². The molecule has 0 saturated carbocycles. The van der Waals surface area contributed by atoms with Crippen molar-refractivity contribution >= 4 is 0 Å². The van der Waals surface area contributed by atoms with Crippen molar-refractivity contribution in [3.05, 3.63) is 0 Å². The van der Waals surface area contributed by atoms with Gasteiger partial charge in [-0.25, -0.2) is 0 Å². The quantitative estimate of drug-likeness (QED) is 0.459. The van der Waals surface area contributed by atoms with Crippen LogP contribution in [0.2, 0.25) is 0 Å². The molecule has 0 unspecified atom stereocenters. The topological polar surface area (TPSA) is 52.5 Å². The fourth-order valence-corrected chi connectivity index (χ4v) is 1.24. The Bertz CT molecular complexity index is 118. The van der Waals surface area contributed by atoms with Gasteiger partial charge in [-0.05, 0) is 13.0 Å². The zero-order valence-electron chi connectivity index (χ0n) is 6.30. The number of hydrogen-bond acceptors (Lipinski definition) is 3. The normalized spacial score (nSPS) is 41.7. The summed E-state index contributed by atoms with van der Waals surface area (Å²) in [5.74, 6) is 0. The Morgan fingerprint density at radius 1 is 1.70 bits per heavy atom. The Morgan fingerprint density at radius 2 is 2.40 bits per heavy atom. The molecule has 3 N–H and O–H groups in total. The van der Waals surface area contributed by atoms with Gasteiger partial charge < -0.3 is 15.5 Å². The average molecular weight is 145 g/mol. The van der Waals surface area contributed by atoms with Crippen LogP contribution in [0.5, 0.6) is 0 Å². The number of rotatable bonds is 1. The van der Waals surface area contributed by atoms with Crippen LogP contribution in [-0.2, 0) is 0 Å². The molecule has 1 aliphatic heterocycles. The highest BCUT2D eigenvalue weighted by Gasteiger charge is 2.34. The predicted molar refractivity (Wildman–Crippen MR) is 38.7 cm³/mol. The van der Waals surface area contributed by atoms with E-state index in [1.54, 1.807) is 0 Å². The van der Waals surface area contributed by atoms with Crippen molar-refractivity contribution in [3.63, 3.8) is 0 Å². The van der Waals surface area contributed by atoms with Crippen molar-refractivity contribution in [1.29, 1.82) is 0 Å². The molecular weight excluding hydrogens is 130 g/mol. The molecule has 0 aliphatic carbocycles. The zero-order chi connectivity index (χ0) is 7.61. The van der Waals surface area contributed by atoms with Crippen LogP contribution in [-0.4, -0.2) is 36.0 Å². The molecule has 1 rings (SSSR count). The molecule has 0 aromatic carbocycles. The van der Waals surface area contributed by atoms with Gasteiger partial charge in [-0.2, -0.15) is 0 Å². The molecule has 0 aromatic rings. The number of piperidine rings is 1. The molecule has 0 bridgehead atoms. The van der Waals surface area contributed by atoms with Crippen molar-refractivity contribution in [1.82, 2.24) is 5.32 Å². The van der Waals surface area contributed by atoms with Gasteiger partial charge in [-0.15, -0.1) is 0 Å². The van der Waals surface area contributed by atoms with Gasteiger partial charge in [0.25, 0.3) is 0 Å². The van der Waals surface area contributed by atoms with Gasteiger partial charge in [0.2, 0.25) is 0 Å². The first-order chi connectivity index (χ1) is 4.69. The third-order valence-electron chi connectivity index (χ3n) is 2.29. The van der Waals surface area contributed by atoms with Gasteiger partial charge in [0.1, 0.15) is 0 Å². The Balaban J connectivity index is 2.54. The molecule has 0 aromatic heterocycles. The van der Waals surface area contributed by atoms with Gasteiger partial charge in [-0.1, -0.05) is 6.92 Å². The first kappa shape index (κ1) is 7.98. The largest absolute Gasteiger partial charge is 0.396 e. The first-order valence-corrected chi connectivity index (χ1v) is 3.69. The molecule has 0 radical (unpaired) electrons. The standard InChI is InChI=1S/C7H15NO2/c1-7(5-9)4-8-3-2-6(7)10/h6,8-10H,2-5H2,1H3/t6-,7+/m0/s1. The van der Waals surface area contributed by atoms with E-state index < -0.39 is 0 Å². The minimum Gasteiger partial charge on any atom is -0.396 e. The van der Waals surface area contributed by atoms with E-state index in [1.807, 2.05) is 6.92 Å². The van der Waals surface area contributed by atoms with Crippen molar-refractivity contribution in [2.24, 2.45) is 5.41 Å². The summed E-state index contributed by atoms with van der Waals surface area (Å²) < 4.78 is 0. The maximum Gasteiger partial charge on any atom is 0.0640 e. The minimum absolute atomic E-state index is 0.0567. The van der Waals surface area contributed by atoms with E-state index in [0.29, 0.717) is 6.54 Å². The maximum atomic E-state index is 9.43. The Kier molecular flexibility index (Phi) is 2.28. The molecule has 10 heavy (non-hydrogen) atoms. The highest BCUT2D eigenvalue weighted by atomic mass is 16.3. The monoisotopic (exact) mass is 145 g/mol. The summed E-state index contributed by atoms with van der Waals surface area (Å²) in [6.45, 7) is 3.52. The lowest BCUT2D eigenvalue weighted by atomic mass is 9.81. The molecule has 60 valence electrons. The molecule has 1 fully saturated rings. The lowest BCUT2D eigenvalue weighted by Crippen LogP contribution is -2.50. The van der Waals surface area contributed by atoms with Crippen LogP contribution in [0, 0.1) is 5.41 Å². The highest BCUT2D eigenvalue weighted by Crippen LogP contribution is 2.24. The fourth-order valence-electron chi connectivity index (χ4n) is 1.24. The third kappa shape index (κ3) is 1.31. The maximum absolute atomic E-state index is 9.43. The van der Waals surface area contributed by atoms with Crippen LogP contribution in [0.1, 0.15) is 13.3 Å². The Labute approximate surface area is 61.1 Å². The second-order valence-electron chi connectivity index (χ2n) is 3.29. The van der Waals surface area contributed by atoms with Gasteiger partial charge in [0.15, 0.2) is 0 Å². The summed E-state index contributed by atoms with van der Waals surface area (Å²) in [6, 6.07) is 0. The van der Waals surface area contributed by atoms with Crippen LogP contribution >= 0.6 is 0 Å². The average Bonchev–Trinajstić information content (AvgIpc) is 1.96. The van der Waals surface area contributed by atoms with Crippen LogP contribution in [0.15, 0.2) is 0 Å². The molecule has 1 saturated heterocycles. The highest BCUT2D eigenvalue weighted by molar-refractivity contribution is 4.87. The lowest BCUT2D eigenvalue weighted by molar-refractivity contribution is -0.0246. The molecular formula is C7H15NO2. The second-order valence-corrected chi connectivity index (χ2v) is 3.29. The fraction of sp³-hybridized carbons (Fsp3) is 1.00. The zero-order valence-corrected chi connectivity index (χ0v) is 6.30. The van der Waals surface area contributed by atoms with Gasteiger partial charge >= 0.3 is 0 Å². The summed E-state index contributed by atoms with van der Waals surface area (Å²) in [5.41, 5.74) is -0.321. The minimum atomic E-state index is -0.348. The number of hydrogen-bond donors (Lipinski definition) is 3. The molecule has 0 amide bonds. The summed E-state index contributed by atoms with van der Waals surface area (Å²) in [7, 11) is 0. The molecule has 2 atom stereocenters. The molecule has 0 spiro atoms. The summed E-state index contributed by atoms with van der Waals surface area (Å²) in [5, 5.41) is 21.5. The van der Waals surface area contributed by atoms with Crippen molar-refractivity contribution < 1.29 is 10.2 Å². The molecule has 3 nitrogen and oxygen atoms in total. The number of aliphatic hydroxyl groups excluding tert-OH is 2. The molecule has 1 heterocycles. The van der Waals surface area contributed by atoms with E-state index in [1.165, 1.54) is 0 Å². The van der Waals surface area contributed by atoms with E-state index in [0.717, 1.165) is 13.0 Å². The molecule has 3 heteroatoms. The summed E-state index contributed by atoms with van der Waals surface area (Å²) in [4.78, 5) is 0. The molecule has 1 aliphatic rings. The van der Waals surface area contributed by atoms with E-state index in [9.17, 15) is 5.11 Å². The smallest absolute Gasteiger partial charge is 0.0640 e. The SMILES string of the molecule is C[C@]1(CO)CNCC[C@@H]1O. The predicted octanol–water partition coefficient (Wildman–Crippen LogP) is -0.661. The van der Waals surface area contributed by atoms with E-state index >= 15 is 0 Å². The summed E-state index contributed by atoms with van der Waals surface area (Å²) >= 11 is 0. The van der Waals surface area contributed by atoms with E-state index in [-0.39, 0.29) is 18.1 Å². The van der Waals surface area contributed by atoms with Crippen LogP contribution in [0.4, 0.5) is 0 Å². The van der Waals surface area contributed by atoms with Gasteiger partial charge in [0.05, 0.1) is 12.7 Å². The van der Waals surface area contributed by atoms with Crippen molar-refractivity contribution in [2.45, 2.75) is 19.4 Å². The van der Waals surface area contributed by atoms with Crippen LogP contribution in [0.25, 0.3) is 0 Å². The Hall–Kier alpha value is -0.120.